The zero-order valence-electron chi connectivity index (χ0n) is 12.4. The second-order valence-electron chi connectivity index (χ2n) is 4.52. The number of sulfone groups is 1. The lowest BCUT2D eigenvalue weighted by Gasteiger charge is -2.06. The maximum absolute atomic E-state index is 12.0. The van der Waals surface area contributed by atoms with E-state index in [2.05, 4.69) is 10.6 Å². The zero-order chi connectivity index (χ0) is 16.0. The van der Waals surface area contributed by atoms with Gasteiger partial charge in [-0.2, -0.15) is 0 Å². The van der Waals surface area contributed by atoms with Gasteiger partial charge >= 0.3 is 0 Å². The third kappa shape index (κ3) is 5.09. The van der Waals surface area contributed by atoms with E-state index >= 15 is 0 Å². The minimum Gasteiger partial charge on any atom is -0.492 e. The fourth-order valence-corrected chi connectivity index (χ4v) is 3.09. The third-order valence-electron chi connectivity index (χ3n) is 2.60. The number of ether oxygens (including phenoxy) is 1. The number of nitrogen functional groups attached to an aromatic ring is 1. The van der Waals surface area contributed by atoms with E-state index in [4.69, 9.17) is 10.5 Å². The van der Waals surface area contributed by atoms with Gasteiger partial charge < -0.3 is 21.1 Å². The van der Waals surface area contributed by atoms with Crippen LogP contribution in [0.4, 0.5) is 10.7 Å². The number of rotatable bonds is 8. The molecule has 1 heterocycles. The standard InChI is InChI=1S/C12H21N3O4S2/c1-4-5-14-11(16)10-8(13)9(19-2)12(20-10)15-6-7-21(3,17)18/h15H,4-7,13H2,1-3H3,(H,14,16). The number of methoxy groups -OCH3 is 1. The van der Waals surface area contributed by atoms with Crippen LogP contribution < -0.4 is 21.1 Å². The van der Waals surface area contributed by atoms with Crippen molar-refractivity contribution >= 4 is 37.8 Å². The van der Waals surface area contributed by atoms with Gasteiger partial charge in [0.15, 0.2) is 5.75 Å². The normalized spacial score (nSPS) is 11.2. The van der Waals surface area contributed by atoms with Crippen molar-refractivity contribution in [3.05, 3.63) is 4.88 Å². The number of hydrogen-bond donors (Lipinski definition) is 3. The van der Waals surface area contributed by atoms with Crippen molar-refractivity contribution in [1.82, 2.24) is 5.32 Å². The summed E-state index contributed by atoms with van der Waals surface area (Å²) < 4.78 is 27.4. The average Bonchev–Trinajstić information content (AvgIpc) is 2.71. The molecular formula is C12H21N3O4S2. The Hall–Kier alpha value is -1.48. The first-order valence-electron chi connectivity index (χ1n) is 6.46. The number of amides is 1. The molecule has 0 aliphatic heterocycles. The lowest BCUT2D eigenvalue weighted by Crippen LogP contribution is -2.23. The SMILES string of the molecule is CCCNC(=O)c1sc(NCCS(C)(=O)=O)c(OC)c1N. The van der Waals surface area contributed by atoms with Gasteiger partial charge in [-0.1, -0.05) is 6.92 Å². The van der Waals surface area contributed by atoms with Crippen LogP contribution in [0.2, 0.25) is 0 Å². The van der Waals surface area contributed by atoms with Gasteiger partial charge in [-0.05, 0) is 6.42 Å². The summed E-state index contributed by atoms with van der Waals surface area (Å²) in [6.45, 7) is 2.75. The molecule has 0 spiro atoms. The van der Waals surface area contributed by atoms with E-state index in [0.717, 1.165) is 24.0 Å². The molecule has 1 rings (SSSR count). The maximum atomic E-state index is 12.0. The molecule has 120 valence electrons. The van der Waals surface area contributed by atoms with Crippen molar-refractivity contribution in [2.75, 3.05) is 43.3 Å². The summed E-state index contributed by atoms with van der Waals surface area (Å²) in [5.41, 5.74) is 6.17. The molecule has 0 fully saturated rings. The monoisotopic (exact) mass is 335 g/mol. The Morgan fingerprint density at radius 3 is 2.57 bits per heavy atom. The molecule has 0 atom stereocenters. The molecule has 0 aliphatic carbocycles. The number of nitrogens with two attached hydrogens (primary N) is 1. The summed E-state index contributed by atoms with van der Waals surface area (Å²) in [7, 11) is -1.60. The van der Waals surface area contributed by atoms with Crippen molar-refractivity contribution in [1.29, 1.82) is 0 Å². The van der Waals surface area contributed by atoms with Crippen LogP contribution in [0, 0.1) is 0 Å². The predicted octanol–water partition coefficient (Wildman–Crippen LogP) is 0.935. The van der Waals surface area contributed by atoms with Crippen molar-refractivity contribution in [2.45, 2.75) is 13.3 Å². The van der Waals surface area contributed by atoms with Crippen LogP contribution in [0.5, 0.6) is 5.75 Å². The first kappa shape index (κ1) is 17.6. The smallest absolute Gasteiger partial charge is 0.263 e. The highest BCUT2D eigenvalue weighted by Gasteiger charge is 2.21. The number of nitrogens with one attached hydrogen (secondary N) is 2. The summed E-state index contributed by atoms with van der Waals surface area (Å²) in [4.78, 5) is 12.3. The Morgan fingerprint density at radius 1 is 1.38 bits per heavy atom. The number of anilines is 2. The molecule has 21 heavy (non-hydrogen) atoms. The molecule has 0 aliphatic rings. The first-order chi connectivity index (χ1) is 9.80. The first-order valence-corrected chi connectivity index (χ1v) is 9.33. The average molecular weight is 335 g/mol. The molecule has 7 nitrogen and oxygen atoms in total. The van der Waals surface area contributed by atoms with Crippen LogP contribution in [-0.2, 0) is 9.84 Å². The highest BCUT2D eigenvalue weighted by atomic mass is 32.2. The summed E-state index contributed by atoms with van der Waals surface area (Å²) in [6.07, 6.45) is 1.99. The Labute approximate surface area is 128 Å². The van der Waals surface area contributed by atoms with Crippen molar-refractivity contribution < 1.29 is 17.9 Å². The van der Waals surface area contributed by atoms with Crippen molar-refractivity contribution in [3.8, 4) is 5.75 Å². The Morgan fingerprint density at radius 2 is 2.05 bits per heavy atom. The van der Waals surface area contributed by atoms with E-state index < -0.39 is 9.84 Å². The fourth-order valence-electron chi connectivity index (χ4n) is 1.59. The third-order valence-corrected chi connectivity index (χ3v) is 4.69. The Balaban J connectivity index is 2.87. The quantitative estimate of drug-likeness (QED) is 0.652. The number of carbonyl (C=O) groups excluding carboxylic acids is 1. The second-order valence-corrected chi connectivity index (χ2v) is 7.80. The lowest BCUT2D eigenvalue weighted by molar-refractivity contribution is 0.0958. The fraction of sp³-hybridized carbons (Fsp3) is 0.583. The molecule has 0 saturated heterocycles. The van der Waals surface area contributed by atoms with Gasteiger partial charge in [-0.15, -0.1) is 11.3 Å². The van der Waals surface area contributed by atoms with Crippen LogP contribution in [-0.4, -0.2) is 46.5 Å². The van der Waals surface area contributed by atoms with E-state index in [1.54, 1.807) is 0 Å². The van der Waals surface area contributed by atoms with Gasteiger partial charge in [0.25, 0.3) is 5.91 Å². The maximum Gasteiger partial charge on any atom is 0.263 e. The van der Waals surface area contributed by atoms with E-state index in [1.807, 2.05) is 6.92 Å². The van der Waals surface area contributed by atoms with E-state index in [9.17, 15) is 13.2 Å². The van der Waals surface area contributed by atoms with E-state index in [-0.39, 0.29) is 23.9 Å². The number of carbonyl (C=O) groups is 1. The molecule has 0 saturated carbocycles. The molecule has 9 heteroatoms. The minimum atomic E-state index is -3.05. The summed E-state index contributed by atoms with van der Waals surface area (Å²) in [6, 6.07) is 0. The number of hydrogen-bond acceptors (Lipinski definition) is 7. The summed E-state index contributed by atoms with van der Waals surface area (Å²) in [5.74, 6) is 0.106. The van der Waals surface area contributed by atoms with Gasteiger partial charge in [0.2, 0.25) is 0 Å². The lowest BCUT2D eigenvalue weighted by atomic mass is 10.3. The van der Waals surface area contributed by atoms with Crippen LogP contribution in [0.3, 0.4) is 0 Å². The van der Waals surface area contributed by atoms with Gasteiger partial charge in [0.05, 0.1) is 12.9 Å². The van der Waals surface area contributed by atoms with Gasteiger partial charge in [0.1, 0.15) is 25.4 Å². The molecule has 1 aromatic heterocycles. The molecule has 1 amide bonds. The van der Waals surface area contributed by atoms with Gasteiger partial charge in [-0.3, -0.25) is 4.79 Å². The Kier molecular flexibility index (Phi) is 6.28. The Bertz CT molecular complexity index is 596. The molecule has 0 radical (unpaired) electrons. The van der Waals surface area contributed by atoms with Crippen LogP contribution in [0.15, 0.2) is 0 Å². The molecule has 0 unspecified atom stereocenters. The molecule has 4 N–H and O–H groups in total. The van der Waals surface area contributed by atoms with Gasteiger partial charge in [0, 0.05) is 19.3 Å². The predicted molar refractivity (Wildman–Crippen MR) is 86.1 cm³/mol. The van der Waals surface area contributed by atoms with Gasteiger partial charge in [-0.25, -0.2) is 8.42 Å². The topological polar surface area (TPSA) is 111 Å². The zero-order valence-corrected chi connectivity index (χ0v) is 14.0. The molecular weight excluding hydrogens is 314 g/mol. The second kappa shape index (κ2) is 7.51. The van der Waals surface area contributed by atoms with Crippen LogP contribution in [0.1, 0.15) is 23.0 Å². The highest BCUT2D eigenvalue weighted by Crippen LogP contribution is 2.42. The largest absolute Gasteiger partial charge is 0.492 e. The highest BCUT2D eigenvalue weighted by molar-refractivity contribution is 7.90. The van der Waals surface area contributed by atoms with E-state index in [1.165, 1.54) is 7.11 Å². The summed E-state index contributed by atoms with van der Waals surface area (Å²) in [5, 5.41) is 6.25. The van der Waals surface area contributed by atoms with Crippen molar-refractivity contribution in [2.24, 2.45) is 0 Å². The molecule has 0 bridgehead atoms. The van der Waals surface area contributed by atoms with E-state index in [0.29, 0.717) is 22.2 Å². The molecule has 0 aromatic carbocycles. The molecule has 1 aromatic rings. The number of thiophene rings is 1. The minimum absolute atomic E-state index is 0.00861. The summed E-state index contributed by atoms with van der Waals surface area (Å²) >= 11 is 1.15. The van der Waals surface area contributed by atoms with Crippen LogP contribution in [0.25, 0.3) is 0 Å². The van der Waals surface area contributed by atoms with Crippen molar-refractivity contribution in [3.63, 3.8) is 0 Å². The van der Waals surface area contributed by atoms with Crippen LogP contribution >= 0.6 is 11.3 Å².